The quantitative estimate of drug-likeness (QED) is 0.766. The van der Waals surface area contributed by atoms with Crippen LogP contribution in [-0.2, 0) is 9.47 Å². The van der Waals surface area contributed by atoms with Crippen molar-refractivity contribution < 1.29 is 18.8 Å². The number of carbonyl (C=O) groups is 1. The molecule has 1 amide bonds. The number of nitrogens with zero attached hydrogens (tertiary/aromatic N) is 5. The minimum absolute atomic E-state index is 0.0989. The summed E-state index contributed by atoms with van der Waals surface area (Å²) in [6.07, 6.45) is 4.90. The Morgan fingerprint density at radius 1 is 1.19 bits per heavy atom. The van der Waals surface area contributed by atoms with Gasteiger partial charge in [0, 0.05) is 25.5 Å². The second-order valence-corrected chi connectivity index (χ2v) is 6.58. The highest BCUT2D eigenvalue weighted by Crippen LogP contribution is 2.25. The van der Waals surface area contributed by atoms with E-state index < -0.39 is 5.60 Å². The molecule has 2 aromatic heterocycles. The number of morpholine rings is 1. The lowest BCUT2D eigenvalue weighted by Crippen LogP contribution is -2.60. The van der Waals surface area contributed by atoms with Gasteiger partial charge >= 0.3 is 0 Å². The fraction of sp³-hybridized carbons (Fsp3) is 0.529. The van der Waals surface area contributed by atoms with Gasteiger partial charge in [-0.25, -0.2) is 9.97 Å². The molecule has 4 rings (SSSR count). The van der Waals surface area contributed by atoms with Crippen molar-refractivity contribution in [2.45, 2.75) is 12.5 Å². The predicted molar refractivity (Wildman–Crippen MR) is 90.9 cm³/mol. The minimum Gasteiger partial charge on any atom is -0.376 e. The van der Waals surface area contributed by atoms with Gasteiger partial charge in [0.15, 0.2) is 0 Å². The Labute approximate surface area is 150 Å². The van der Waals surface area contributed by atoms with Gasteiger partial charge < -0.3 is 23.8 Å². The third kappa shape index (κ3) is 3.27. The Balaban J connectivity index is 1.54. The first kappa shape index (κ1) is 16.9. The van der Waals surface area contributed by atoms with Gasteiger partial charge in [-0.2, -0.15) is 0 Å². The van der Waals surface area contributed by atoms with Gasteiger partial charge in [0.25, 0.3) is 5.91 Å². The Hall–Kier alpha value is -2.52. The van der Waals surface area contributed by atoms with E-state index in [1.54, 1.807) is 30.3 Å². The van der Waals surface area contributed by atoms with Crippen molar-refractivity contribution in [1.82, 2.24) is 20.0 Å². The Morgan fingerprint density at radius 3 is 2.81 bits per heavy atom. The summed E-state index contributed by atoms with van der Waals surface area (Å²) in [5.74, 6) is 1.06. The lowest BCUT2D eigenvalue weighted by atomic mass is 10.0. The van der Waals surface area contributed by atoms with Crippen LogP contribution in [0.5, 0.6) is 0 Å². The summed E-state index contributed by atoms with van der Waals surface area (Å²) in [4.78, 5) is 25.3. The molecule has 9 heteroatoms. The molecule has 2 aliphatic heterocycles. The van der Waals surface area contributed by atoms with Gasteiger partial charge in [-0.3, -0.25) is 4.79 Å². The monoisotopic (exact) mass is 359 g/mol. The molecule has 9 nitrogen and oxygen atoms in total. The molecule has 4 heterocycles. The van der Waals surface area contributed by atoms with E-state index in [1.807, 2.05) is 4.90 Å². The fourth-order valence-electron chi connectivity index (χ4n) is 3.41. The fourth-order valence-corrected chi connectivity index (χ4v) is 3.41. The molecule has 0 saturated carbocycles. The van der Waals surface area contributed by atoms with E-state index in [2.05, 4.69) is 15.1 Å². The molecule has 0 aliphatic carbocycles. The van der Waals surface area contributed by atoms with Crippen LogP contribution in [0, 0.1) is 6.92 Å². The average molecular weight is 359 g/mol. The topological polar surface area (TPSA) is 93.8 Å². The number of aromatic nitrogens is 3. The van der Waals surface area contributed by atoms with Crippen molar-refractivity contribution in [2.75, 3.05) is 50.9 Å². The summed E-state index contributed by atoms with van der Waals surface area (Å²) in [6.45, 7) is 5.34. The van der Waals surface area contributed by atoms with Crippen LogP contribution in [-0.4, -0.2) is 77.5 Å². The van der Waals surface area contributed by atoms with E-state index in [4.69, 9.17) is 14.0 Å². The summed E-state index contributed by atoms with van der Waals surface area (Å²) in [7, 11) is 0. The number of amides is 1. The summed E-state index contributed by atoms with van der Waals surface area (Å²) in [5.41, 5.74) is -0.130. The number of ether oxygens (including phenoxy) is 2. The largest absolute Gasteiger partial charge is 0.376 e. The van der Waals surface area contributed by atoms with Gasteiger partial charge in [0.1, 0.15) is 16.9 Å². The molecule has 2 aromatic rings. The van der Waals surface area contributed by atoms with Crippen LogP contribution >= 0.6 is 0 Å². The van der Waals surface area contributed by atoms with E-state index >= 15 is 0 Å². The van der Waals surface area contributed by atoms with Crippen LogP contribution in [0.25, 0.3) is 0 Å². The standard InChI is InChI=1S/C17H21N5O4/c1-13-14(9-20-26-13)15(23)21-6-8-25-17(10-21)11-22(5-7-24-12-17)16-18-3-2-4-19-16/h2-4,9H,5-8,10-12H2,1H3/t17-/m1/s1. The van der Waals surface area contributed by atoms with Crippen LogP contribution < -0.4 is 4.90 Å². The number of aryl methyl sites for hydroxylation is 1. The zero-order chi connectivity index (χ0) is 18.0. The third-order valence-electron chi connectivity index (χ3n) is 4.70. The van der Waals surface area contributed by atoms with E-state index in [9.17, 15) is 4.79 Å². The molecule has 0 aromatic carbocycles. The lowest BCUT2D eigenvalue weighted by Gasteiger charge is -2.43. The van der Waals surface area contributed by atoms with E-state index in [1.165, 1.54) is 6.20 Å². The van der Waals surface area contributed by atoms with Gasteiger partial charge in [0.05, 0.1) is 39.1 Å². The predicted octanol–water partition coefficient (Wildman–Crippen LogP) is 0.521. The van der Waals surface area contributed by atoms with Crippen LogP contribution in [0.1, 0.15) is 16.1 Å². The molecule has 1 spiro atoms. The zero-order valence-corrected chi connectivity index (χ0v) is 14.6. The van der Waals surface area contributed by atoms with Crippen LogP contribution in [0.15, 0.2) is 29.2 Å². The number of carbonyl (C=O) groups excluding carboxylic acids is 1. The number of anilines is 1. The van der Waals surface area contributed by atoms with Crippen molar-refractivity contribution in [1.29, 1.82) is 0 Å². The number of rotatable bonds is 2. The van der Waals surface area contributed by atoms with Crippen molar-refractivity contribution in [3.8, 4) is 0 Å². The van der Waals surface area contributed by atoms with Crippen molar-refractivity contribution >= 4 is 11.9 Å². The molecule has 2 fully saturated rings. The average Bonchev–Trinajstić information content (AvgIpc) is 3.00. The molecular weight excluding hydrogens is 338 g/mol. The van der Waals surface area contributed by atoms with Crippen LogP contribution in [0.4, 0.5) is 5.95 Å². The molecule has 0 radical (unpaired) electrons. The molecule has 0 bridgehead atoms. The summed E-state index contributed by atoms with van der Waals surface area (Å²) in [5, 5.41) is 3.71. The third-order valence-corrected chi connectivity index (χ3v) is 4.70. The highest BCUT2D eigenvalue weighted by molar-refractivity contribution is 5.94. The van der Waals surface area contributed by atoms with Gasteiger partial charge in [0.2, 0.25) is 5.95 Å². The maximum atomic E-state index is 12.8. The summed E-state index contributed by atoms with van der Waals surface area (Å²) >= 11 is 0. The highest BCUT2D eigenvalue weighted by Gasteiger charge is 2.42. The van der Waals surface area contributed by atoms with Crippen molar-refractivity contribution in [3.63, 3.8) is 0 Å². The Kier molecular flexibility index (Phi) is 4.56. The van der Waals surface area contributed by atoms with E-state index in [0.717, 1.165) is 0 Å². The highest BCUT2D eigenvalue weighted by atomic mass is 16.5. The molecule has 1 atom stereocenters. The summed E-state index contributed by atoms with van der Waals surface area (Å²) in [6, 6.07) is 1.78. The molecule has 138 valence electrons. The normalized spacial score (nSPS) is 23.9. The van der Waals surface area contributed by atoms with E-state index in [-0.39, 0.29) is 5.91 Å². The smallest absolute Gasteiger partial charge is 0.259 e. The molecule has 2 saturated heterocycles. The first-order chi connectivity index (χ1) is 12.7. The zero-order valence-electron chi connectivity index (χ0n) is 14.6. The first-order valence-electron chi connectivity index (χ1n) is 8.61. The molecule has 0 N–H and O–H groups in total. The molecule has 2 aliphatic rings. The van der Waals surface area contributed by atoms with Gasteiger partial charge in [-0.1, -0.05) is 5.16 Å². The molecule has 0 unspecified atom stereocenters. The van der Waals surface area contributed by atoms with Crippen molar-refractivity contribution in [2.24, 2.45) is 0 Å². The van der Waals surface area contributed by atoms with Crippen molar-refractivity contribution in [3.05, 3.63) is 36.0 Å². The van der Waals surface area contributed by atoms with Gasteiger partial charge in [-0.15, -0.1) is 0 Å². The SMILES string of the molecule is Cc1oncc1C(=O)N1CCO[C@]2(COCCN(c3ncccn3)C2)C1. The second kappa shape index (κ2) is 7.00. The lowest BCUT2D eigenvalue weighted by molar-refractivity contribution is -0.124. The minimum atomic E-state index is -0.616. The van der Waals surface area contributed by atoms with E-state index in [0.29, 0.717) is 63.3 Å². The second-order valence-electron chi connectivity index (χ2n) is 6.58. The Morgan fingerprint density at radius 2 is 2.04 bits per heavy atom. The first-order valence-corrected chi connectivity index (χ1v) is 8.61. The van der Waals surface area contributed by atoms with Gasteiger partial charge in [-0.05, 0) is 13.0 Å². The number of hydrogen-bond acceptors (Lipinski definition) is 8. The maximum absolute atomic E-state index is 12.8. The molecule has 26 heavy (non-hydrogen) atoms. The van der Waals surface area contributed by atoms with Crippen LogP contribution in [0.2, 0.25) is 0 Å². The maximum Gasteiger partial charge on any atom is 0.259 e. The summed E-state index contributed by atoms with van der Waals surface area (Å²) < 4.78 is 16.9. The number of hydrogen-bond donors (Lipinski definition) is 0. The Bertz CT molecular complexity index is 768. The molecular formula is C17H21N5O4. The van der Waals surface area contributed by atoms with Crippen LogP contribution in [0.3, 0.4) is 0 Å².